The molecule has 0 atom stereocenters. The van der Waals surface area contributed by atoms with Crippen molar-refractivity contribution in [1.29, 1.82) is 0 Å². The summed E-state index contributed by atoms with van der Waals surface area (Å²) in [5.74, 6) is 0.127. The fraction of sp³-hybridized carbons (Fsp3) is 0.400. The smallest absolute Gasteiger partial charge is 0.211 e. The molecule has 5 heteroatoms. The van der Waals surface area contributed by atoms with E-state index in [9.17, 15) is 8.42 Å². The van der Waals surface area contributed by atoms with Gasteiger partial charge in [0.2, 0.25) is 10.0 Å². The Morgan fingerprint density at radius 1 is 1.13 bits per heavy atom. The van der Waals surface area contributed by atoms with Gasteiger partial charge in [-0.05, 0) is 31.2 Å². The summed E-state index contributed by atoms with van der Waals surface area (Å²) in [7, 11) is 0.179. The van der Waals surface area contributed by atoms with E-state index in [2.05, 4.69) is 10.0 Å². The molecule has 15 heavy (non-hydrogen) atoms. The van der Waals surface area contributed by atoms with E-state index in [0.29, 0.717) is 6.42 Å². The Labute approximate surface area is 90.8 Å². The second-order valence-electron chi connectivity index (χ2n) is 3.22. The third kappa shape index (κ3) is 3.89. The van der Waals surface area contributed by atoms with Crippen molar-refractivity contribution < 1.29 is 8.42 Å². The van der Waals surface area contributed by atoms with Crippen molar-refractivity contribution in [3.05, 3.63) is 29.8 Å². The molecule has 1 aromatic carbocycles. The molecule has 0 unspecified atom stereocenters. The van der Waals surface area contributed by atoms with E-state index in [0.717, 1.165) is 11.3 Å². The lowest BCUT2D eigenvalue weighted by Gasteiger charge is -2.04. The highest BCUT2D eigenvalue weighted by molar-refractivity contribution is 7.89. The Kier molecular flexibility index (Phi) is 4.11. The van der Waals surface area contributed by atoms with Gasteiger partial charge in [-0.15, -0.1) is 0 Å². The fourth-order valence-electron chi connectivity index (χ4n) is 1.19. The topological polar surface area (TPSA) is 58.2 Å². The minimum atomic E-state index is -3.10. The summed E-state index contributed by atoms with van der Waals surface area (Å²) < 4.78 is 24.6. The predicted octanol–water partition coefficient (Wildman–Crippen LogP) is 0.820. The van der Waals surface area contributed by atoms with Gasteiger partial charge in [0.05, 0.1) is 5.75 Å². The molecule has 4 nitrogen and oxygen atoms in total. The molecular weight excluding hydrogens is 212 g/mol. The van der Waals surface area contributed by atoms with E-state index < -0.39 is 10.0 Å². The van der Waals surface area contributed by atoms with Crippen LogP contribution in [-0.2, 0) is 16.4 Å². The number of hydrogen-bond acceptors (Lipinski definition) is 3. The Morgan fingerprint density at radius 3 is 2.20 bits per heavy atom. The SMILES string of the molecule is CNc1ccc(CCS(=O)(=O)NC)cc1. The molecular formula is C10H16N2O2S. The number of anilines is 1. The zero-order chi connectivity index (χ0) is 11.3. The van der Waals surface area contributed by atoms with Crippen molar-refractivity contribution in [2.45, 2.75) is 6.42 Å². The zero-order valence-corrected chi connectivity index (χ0v) is 9.76. The number of hydrogen-bond donors (Lipinski definition) is 2. The molecule has 84 valence electrons. The second kappa shape index (κ2) is 5.14. The molecule has 0 bridgehead atoms. The van der Waals surface area contributed by atoms with E-state index >= 15 is 0 Å². The van der Waals surface area contributed by atoms with Crippen LogP contribution in [0, 0.1) is 0 Å². The van der Waals surface area contributed by atoms with E-state index in [1.807, 2.05) is 31.3 Å². The van der Waals surface area contributed by atoms with E-state index in [1.54, 1.807) is 0 Å². The summed E-state index contributed by atoms with van der Waals surface area (Å²) >= 11 is 0. The molecule has 0 amide bonds. The Balaban J connectivity index is 2.59. The first-order valence-electron chi connectivity index (χ1n) is 4.75. The molecule has 1 rings (SSSR count). The quantitative estimate of drug-likeness (QED) is 0.784. The van der Waals surface area contributed by atoms with Gasteiger partial charge in [-0.3, -0.25) is 0 Å². The van der Waals surface area contributed by atoms with Crippen LogP contribution in [0.4, 0.5) is 5.69 Å². The van der Waals surface area contributed by atoms with Crippen LogP contribution in [0.2, 0.25) is 0 Å². The van der Waals surface area contributed by atoms with E-state index in [4.69, 9.17) is 0 Å². The summed E-state index contributed by atoms with van der Waals surface area (Å²) in [6.45, 7) is 0. The standard InChI is InChI=1S/C10H16N2O2S/c1-11-10-5-3-9(4-6-10)7-8-15(13,14)12-2/h3-6,11-12H,7-8H2,1-2H3. The van der Waals surface area contributed by atoms with Gasteiger partial charge < -0.3 is 5.32 Å². The highest BCUT2D eigenvalue weighted by Crippen LogP contribution is 2.09. The van der Waals surface area contributed by atoms with Crippen molar-refractivity contribution in [2.24, 2.45) is 0 Å². The molecule has 0 aliphatic heterocycles. The van der Waals surface area contributed by atoms with Gasteiger partial charge in [-0.1, -0.05) is 12.1 Å². The van der Waals surface area contributed by atoms with Gasteiger partial charge in [0.1, 0.15) is 0 Å². The molecule has 0 saturated heterocycles. The van der Waals surface area contributed by atoms with Crippen LogP contribution in [0.25, 0.3) is 0 Å². The summed E-state index contributed by atoms with van der Waals surface area (Å²) in [6.07, 6.45) is 0.535. The van der Waals surface area contributed by atoms with Crippen LogP contribution in [0.5, 0.6) is 0 Å². The van der Waals surface area contributed by atoms with Gasteiger partial charge in [0.25, 0.3) is 0 Å². The Bertz CT molecular complexity index is 398. The monoisotopic (exact) mass is 228 g/mol. The first-order valence-corrected chi connectivity index (χ1v) is 6.40. The van der Waals surface area contributed by atoms with Gasteiger partial charge in [-0.2, -0.15) is 0 Å². The van der Waals surface area contributed by atoms with Crippen LogP contribution in [0.3, 0.4) is 0 Å². The molecule has 0 aromatic heterocycles. The first kappa shape index (κ1) is 12.0. The number of aryl methyl sites for hydroxylation is 1. The minimum Gasteiger partial charge on any atom is -0.388 e. The van der Waals surface area contributed by atoms with Crippen molar-refractivity contribution >= 4 is 15.7 Å². The lowest BCUT2D eigenvalue weighted by atomic mass is 10.1. The van der Waals surface area contributed by atoms with Crippen LogP contribution in [-0.4, -0.2) is 28.3 Å². The minimum absolute atomic E-state index is 0.127. The van der Waals surface area contributed by atoms with Crippen LogP contribution < -0.4 is 10.0 Å². The van der Waals surface area contributed by atoms with Gasteiger partial charge in [-0.25, -0.2) is 13.1 Å². The van der Waals surface area contributed by atoms with Crippen LogP contribution in [0.1, 0.15) is 5.56 Å². The highest BCUT2D eigenvalue weighted by Gasteiger charge is 2.06. The Hall–Kier alpha value is -1.07. The lowest BCUT2D eigenvalue weighted by molar-refractivity contribution is 0.587. The molecule has 1 aromatic rings. The summed E-state index contributed by atoms with van der Waals surface area (Å²) in [5.41, 5.74) is 2.04. The molecule has 2 N–H and O–H groups in total. The third-order valence-electron chi connectivity index (χ3n) is 2.21. The van der Waals surface area contributed by atoms with Crippen LogP contribution in [0.15, 0.2) is 24.3 Å². The third-order valence-corrected chi connectivity index (χ3v) is 3.58. The molecule has 0 aliphatic rings. The number of rotatable bonds is 5. The van der Waals surface area contributed by atoms with Crippen molar-refractivity contribution in [1.82, 2.24) is 4.72 Å². The maximum Gasteiger partial charge on any atom is 0.211 e. The summed E-state index contributed by atoms with van der Waals surface area (Å²) in [4.78, 5) is 0. The van der Waals surface area contributed by atoms with Gasteiger partial charge in [0, 0.05) is 12.7 Å². The van der Waals surface area contributed by atoms with E-state index in [-0.39, 0.29) is 5.75 Å². The normalized spacial score (nSPS) is 11.3. The lowest BCUT2D eigenvalue weighted by Crippen LogP contribution is -2.23. The average Bonchev–Trinajstić information content (AvgIpc) is 2.27. The zero-order valence-electron chi connectivity index (χ0n) is 8.95. The molecule has 0 saturated carbocycles. The maximum absolute atomic E-state index is 11.2. The molecule has 0 radical (unpaired) electrons. The number of benzene rings is 1. The highest BCUT2D eigenvalue weighted by atomic mass is 32.2. The largest absolute Gasteiger partial charge is 0.388 e. The molecule has 0 fully saturated rings. The van der Waals surface area contributed by atoms with Crippen molar-refractivity contribution in [3.63, 3.8) is 0 Å². The van der Waals surface area contributed by atoms with Gasteiger partial charge >= 0.3 is 0 Å². The number of nitrogens with one attached hydrogen (secondary N) is 2. The first-order chi connectivity index (χ1) is 7.07. The van der Waals surface area contributed by atoms with Crippen molar-refractivity contribution in [3.8, 4) is 0 Å². The van der Waals surface area contributed by atoms with Crippen molar-refractivity contribution in [2.75, 3.05) is 25.2 Å². The van der Waals surface area contributed by atoms with Gasteiger partial charge in [0.15, 0.2) is 0 Å². The summed E-state index contributed by atoms with van der Waals surface area (Å²) in [5, 5.41) is 3.01. The Morgan fingerprint density at radius 2 is 1.73 bits per heavy atom. The van der Waals surface area contributed by atoms with E-state index in [1.165, 1.54) is 7.05 Å². The maximum atomic E-state index is 11.2. The fourth-order valence-corrected chi connectivity index (χ4v) is 1.90. The molecule has 0 spiro atoms. The van der Waals surface area contributed by atoms with Crippen LogP contribution >= 0.6 is 0 Å². The predicted molar refractivity (Wildman–Crippen MR) is 62.5 cm³/mol. The summed E-state index contributed by atoms with van der Waals surface area (Å²) in [6, 6.07) is 7.72. The number of sulfonamides is 1. The second-order valence-corrected chi connectivity index (χ2v) is 5.27. The molecule has 0 aliphatic carbocycles. The molecule has 0 heterocycles. The average molecular weight is 228 g/mol.